The van der Waals surface area contributed by atoms with Gasteiger partial charge in [0.1, 0.15) is 0 Å². The van der Waals surface area contributed by atoms with Crippen LogP contribution in [-0.4, -0.2) is 0 Å². The molecular weight excluding hydrogens is 261 g/mol. The Bertz CT molecular complexity index is 568. The molecule has 18 heavy (non-hydrogen) atoms. The molecule has 1 atom stereocenters. The largest absolute Gasteiger partial charge is 0.271 e. The van der Waals surface area contributed by atoms with Crippen molar-refractivity contribution in [1.82, 2.24) is 5.43 Å². The highest BCUT2D eigenvalue weighted by molar-refractivity contribution is 7.08. The van der Waals surface area contributed by atoms with Crippen molar-refractivity contribution in [2.45, 2.75) is 13.0 Å². The van der Waals surface area contributed by atoms with Crippen LogP contribution in [0.3, 0.4) is 0 Å². The molecule has 0 bridgehead atoms. The number of benzene rings is 1. The molecule has 2 aromatic rings. The van der Waals surface area contributed by atoms with Gasteiger partial charge in [0.15, 0.2) is 17.5 Å². The van der Waals surface area contributed by atoms with Crippen LogP contribution in [-0.2, 0) is 0 Å². The van der Waals surface area contributed by atoms with Gasteiger partial charge in [-0.3, -0.25) is 5.84 Å². The normalized spacial score (nSPS) is 12.7. The van der Waals surface area contributed by atoms with E-state index in [1.165, 1.54) is 17.4 Å². The second-order valence-electron chi connectivity index (χ2n) is 3.87. The van der Waals surface area contributed by atoms with Gasteiger partial charge in [-0.05, 0) is 34.9 Å². The molecule has 0 saturated carbocycles. The lowest BCUT2D eigenvalue weighted by molar-refractivity contribution is 0.433. The van der Waals surface area contributed by atoms with E-state index in [1.807, 2.05) is 12.3 Å². The summed E-state index contributed by atoms with van der Waals surface area (Å²) in [5.74, 6) is 1.48. The quantitative estimate of drug-likeness (QED) is 0.512. The number of aryl methyl sites for hydroxylation is 1. The number of thiophene rings is 1. The van der Waals surface area contributed by atoms with Gasteiger partial charge in [0.25, 0.3) is 0 Å². The first-order valence-corrected chi connectivity index (χ1v) is 6.12. The molecular formula is C12H11F3N2S. The van der Waals surface area contributed by atoms with Gasteiger partial charge in [0.05, 0.1) is 6.04 Å². The number of hydrogen-bond acceptors (Lipinski definition) is 3. The standard InChI is InChI=1S/C12H11F3N2S/c1-6-4-18-5-8(6)12(17-16)7-2-3-9(13)11(15)10(7)14/h2-5,12,17H,16H2,1H3. The molecule has 2 rings (SSSR count). The summed E-state index contributed by atoms with van der Waals surface area (Å²) in [6.07, 6.45) is 0. The SMILES string of the molecule is Cc1cscc1C(NN)c1ccc(F)c(F)c1F. The van der Waals surface area contributed by atoms with Crippen LogP contribution in [0.5, 0.6) is 0 Å². The van der Waals surface area contributed by atoms with E-state index in [9.17, 15) is 13.2 Å². The predicted octanol–water partition coefficient (Wildman–Crippen LogP) is 3.03. The average molecular weight is 272 g/mol. The molecule has 0 radical (unpaired) electrons. The molecule has 2 nitrogen and oxygen atoms in total. The summed E-state index contributed by atoms with van der Waals surface area (Å²) in [7, 11) is 0. The minimum absolute atomic E-state index is 0.0158. The molecule has 96 valence electrons. The summed E-state index contributed by atoms with van der Waals surface area (Å²) < 4.78 is 39.8. The molecule has 0 fully saturated rings. The first-order chi connectivity index (χ1) is 8.56. The minimum atomic E-state index is -1.49. The van der Waals surface area contributed by atoms with E-state index in [0.717, 1.165) is 17.2 Å². The van der Waals surface area contributed by atoms with Gasteiger partial charge in [-0.25, -0.2) is 18.6 Å². The number of hydrazine groups is 1. The van der Waals surface area contributed by atoms with E-state index in [0.29, 0.717) is 0 Å². The van der Waals surface area contributed by atoms with Crippen LogP contribution < -0.4 is 11.3 Å². The van der Waals surface area contributed by atoms with Gasteiger partial charge in [-0.1, -0.05) is 6.07 Å². The Kier molecular flexibility index (Phi) is 3.70. The summed E-state index contributed by atoms with van der Waals surface area (Å²) >= 11 is 1.43. The van der Waals surface area contributed by atoms with Crippen molar-refractivity contribution in [2.24, 2.45) is 5.84 Å². The van der Waals surface area contributed by atoms with Crippen LogP contribution in [0.4, 0.5) is 13.2 Å². The van der Waals surface area contributed by atoms with E-state index in [-0.39, 0.29) is 5.56 Å². The lowest BCUT2D eigenvalue weighted by Gasteiger charge is -2.17. The Morgan fingerprint density at radius 1 is 1.11 bits per heavy atom. The Morgan fingerprint density at radius 2 is 1.83 bits per heavy atom. The third kappa shape index (κ3) is 2.14. The fraction of sp³-hybridized carbons (Fsp3) is 0.167. The van der Waals surface area contributed by atoms with E-state index in [1.54, 1.807) is 5.38 Å². The molecule has 1 heterocycles. The van der Waals surface area contributed by atoms with Gasteiger partial charge in [-0.15, -0.1) is 0 Å². The molecule has 0 aliphatic carbocycles. The Morgan fingerprint density at radius 3 is 2.39 bits per heavy atom. The molecule has 0 aliphatic heterocycles. The highest BCUT2D eigenvalue weighted by Crippen LogP contribution is 2.30. The van der Waals surface area contributed by atoms with Crippen molar-refractivity contribution in [1.29, 1.82) is 0 Å². The molecule has 0 saturated heterocycles. The van der Waals surface area contributed by atoms with Gasteiger partial charge < -0.3 is 0 Å². The molecule has 0 spiro atoms. The third-order valence-electron chi connectivity index (χ3n) is 2.75. The first kappa shape index (κ1) is 13.1. The topological polar surface area (TPSA) is 38.0 Å². The van der Waals surface area contributed by atoms with E-state index in [2.05, 4.69) is 5.43 Å². The minimum Gasteiger partial charge on any atom is -0.271 e. The number of nitrogens with one attached hydrogen (secondary N) is 1. The third-order valence-corrected chi connectivity index (χ3v) is 3.63. The fourth-order valence-electron chi connectivity index (χ4n) is 1.78. The van der Waals surface area contributed by atoms with Crippen LogP contribution in [0.2, 0.25) is 0 Å². The molecule has 0 amide bonds. The van der Waals surface area contributed by atoms with Crippen LogP contribution >= 0.6 is 11.3 Å². The maximum Gasteiger partial charge on any atom is 0.194 e. The summed E-state index contributed by atoms with van der Waals surface area (Å²) in [5, 5.41) is 3.66. The highest BCUT2D eigenvalue weighted by atomic mass is 32.1. The monoisotopic (exact) mass is 272 g/mol. The number of rotatable bonds is 3. The first-order valence-electron chi connectivity index (χ1n) is 5.18. The van der Waals surface area contributed by atoms with Crippen LogP contribution in [0.25, 0.3) is 0 Å². The molecule has 0 aliphatic rings. The number of halogens is 3. The smallest absolute Gasteiger partial charge is 0.194 e. The maximum absolute atomic E-state index is 13.7. The zero-order chi connectivity index (χ0) is 13.3. The molecule has 1 unspecified atom stereocenters. The van der Waals surface area contributed by atoms with Gasteiger partial charge in [0, 0.05) is 5.56 Å². The average Bonchev–Trinajstić information content (AvgIpc) is 2.77. The second kappa shape index (κ2) is 5.09. The van der Waals surface area contributed by atoms with Crippen molar-refractivity contribution >= 4 is 11.3 Å². The lowest BCUT2D eigenvalue weighted by Crippen LogP contribution is -2.30. The molecule has 1 aromatic carbocycles. The number of nitrogens with two attached hydrogens (primary N) is 1. The van der Waals surface area contributed by atoms with Crippen molar-refractivity contribution in [2.75, 3.05) is 0 Å². The summed E-state index contributed by atoms with van der Waals surface area (Å²) in [6.45, 7) is 1.84. The summed E-state index contributed by atoms with van der Waals surface area (Å²) in [6, 6.07) is 1.38. The van der Waals surface area contributed by atoms with Gasteiger partial charge >= 0.3 is 0 Å². The van der Waals surface area contributed by atoms with Crippen molar-refractivity contribution in [3.8, 4) is 0 Å². The Hall–Kier alpha value is -1.37. The van der Waals surface area contributed by atoms with E-state index < -0.39 is 23.5 Å². The summed E-state index contributed by atoms with van der Waals surface area (Å²) in [4.78, 5) is 0. The fourth-order valence-corrected chi connectivity index (χ4v) is 2.65. The van der Waals surface area contributed by atoms with Gasteiger partial charge in [0.2, 0.25) is 0 Å². The second-order valence-corrected chi connectivity index (χ2v) is 4.62. The lowest BCUT2D eigenvalue weighted by atomic mass is 9.98. The zero-order valence-electron chi connectivity index (χ0n) is 9.51. The van der Waals surface area contributed by atoms with E-state index in [4.69, 9.17) is 5.84 Å². The Balaban J connectivity index is 2.53. The van der Waals surface area contributed by atoms with Gasteiger partial charge in [-0.2, -0.15) is 11.3 Å². The van der Waals surface area contributed by atoms with Crippen LogP contribution in [0.15, 0.2) is 22.9 Å². The Labute approximate surface area is 106 Å². The van der Waals surface area contributed by atoms with Crippen molar-refractivity contribution < 1.29 is 13.2 Å². The maximum atomic E-state index is 13.7. The summed E-state index contributed by atoms with van der Waals surface area (Å²) in [5.41, 5.74) is 4.06. The number of hydrogen-bond donors (Lipinski definition) is 2. The van der Waals surface area contributed by atoms with Crippen LogP contribution in [0.1, 0.15) is 22.7 Å². The van der Waals surface area contributed by atoms with Crippen molar-refractivity contribution in [3.05, 3.63) is 57.0 Å². The highest BCUT2D eigenvalue weighted by Gasteiger charge is 2.22. The van der Waals surface area contributed by atoms with Crippen molar-refractivity contribution in [3.63, 3.8) is 0 Å². The molecule has 1 aromatic heterocycles. The zero-order valence-corrected chi connectivity index (χ0v) is 10.3. The molecule has 6 heteroatoms. The van der Waals surface area contributed by atoms with E-state index >= 15 is 0 Å². The molecule has 3 N–H and O–H groups in total. The predicted molar refractivity (Wildman–Crippen MR) is 64.5 cm³/mol. The van der Waals surface area contributed by atoms with Crippen LogP contribution in [0, 0.1) is 24.4 Å².